The van der Waals surface area contributed by atoms with Crippen molar-refractivity contribution in [3.8, 4) is 11.5 Å². The molecule has 6 heteroatoms. The minimum absolute atomic E-state index is 0.180. The SMILES string of the molecule is CCc1cc(=O)oc2cc(OCC(=O)Nc3cc(C)ccc3OC)ccc12. The van der Waals surface area contributed by atoms with Crippen LogP contribution in [0.4, 0.5) is 5.69 Å². The molecule has 0 saturated carbocycles. The lowest BCUT2D eigenvalue weighted by Crippen LogP contribution is -2.20. The Morgan fingerprint density at radius 1 is 1.15 bits per heavy atom. The first-order valence-electron chi connectivity index (χ1n) is 8.64. The van der Waals surface area contributed by atoms with Gasteiger partial charge in [0.25, 0.3) is 5.91 Å². The molecular weight excluding hydrogens is 346 g/mol. The van der Waals surface area contributed by atoms with E-state index in [4.69, 9.17) is 13.9 Å². The molecule has 0 fully saturated rings. The van der Waals surface area contributed by atoms with Crippen LogP contribution in [0.25, 0.3) is 11.0 Å². The smallest absolute Gasteiger partial charge is 0.336 e. The molecule has 1 N–H and O–H groups in total. The predicted octanol–water partition coefficient (Wildman–Crippen LogP) is 3.69. The molecule has 0 aliphatic carbocycles. The quantitative estimate of drug-likeness (QED) is 0.672. The number of benzene rings is 2. The van der Waals surface area contributed by atoms with E-state index in [1.54, 1.807) is 25.3 Å². The summed E-state index contributed by atoms with van der Waals surface area (Å²) < 4.78 is 16.0. The topological polar surface area (TPSA) is 77.8 Å². The van der Waals surface area contributed by atoms with Gasteiger partial charge in [-0.25, -0.2) is 4.79 Å². The van der Waals surface area contributed by atoms with Crippen LogP contribution in [-0.4, -0.2) is 19.6 Å². The van der Waals surface area contributed by atoms with E-state index >= 15 is 0 Å². The van der Waals surface area contributed by atoms with Gasteiger partial charge >= 0.3 is 5.63 Å². The van der Waals surface area contributed by atoms with Crippen LogP contribution in [0.1, 0.15) is 18.1 Å². The predicted molar refractivity (Wildman–Crippen MR) is 104 cm³/mol. The van der Waals surface area contributed by atoms with Crippen molar-refractivity contribution in [1.82, 2.24) is 0 Å². The van der Waals surface area contributed by atoms with Crippen molar-refractivity contribution < 1.29 is 18.7 Å². The Labute approximate surface area is 156 Å². The third-order valence-corrected chi connectivity index (χ3v) is 4.18. The Kier molecular flexibility index (Phi) is 5.45. The van der Waals surface area contributed by atoms with Crippen LogP contribution in [0.5, 0.6) is 11.5 Å². The molecule has 1 heterocycles. The van der Waals surface area contributed by atoms with Crippen molar-refractivity contribution in [2.24, 2.45) is 0 Å². The van der Waals surface area contributed by atoms with Crippen LogP contribution in [0.15, 0.2) is 51.7 Å². The molecule has 1 aromatic heterocycles. The van der Waals surface area contributed by atoms with Gasteiger partial charge in [0.1, 0.15) is 17.1 Å². The Balaban J connectivity index is 1.72. The molecule has 3 rings (SSSR count). The minimum atomic E-state index is -0.402. The van der Waals surface area contributed by atoms with Crippen LogP contribution in [-0.2, 0) is 11.2 Å². The summed E-state index contributed by atoms with van der Waals surface area (Å²) >= 11 is 0. The van der Waals surface area contributed by atoms with Crippen LogP contribution in [0, 0.1) is 6.92 Å². The third-order valence-electron chi connectivity index (χ3n) is 4.18. The lowest BCUT2D eigenvalue weighted by Gasteiger charge is -2.12. The molecule has 0 radical (unpaired) electrons. The summed E-state index contributed by atoms with van der Waals surface area (Å²) in [7, 11) is 1.55. The normalized spacial score (nSPS) is 10.6. The first kappa shape index (κ1) is 18.5. The van der Waals surface area contributed by atoms with Gasteiger partial charge in [0, 0.05) is 17.5 Å². The van der Waals surface area contributed by atoms with E-state index in [0.29, 0.717) is 22.8 Å². The second-order valence-electron chi connectivity index (χ2n) is 6.14. The van der Waals surface area contributed by atoms with Gasteiger partial charge in [0.15, 0.2) is 6.61 Å². The monoisotopic (exact) mass is 367 g/mol. The van der Waals surface area contributed by atoms with Crippen LogP contribution in [0.3, 0.4) is 0 Å². The highest BCUT2D eigenvalue weighted by atomic mass is 16.5. The maximum atomic E-state index is 12.2. The third kappa shape index (κ3) is 4.28. The van der Waals surface area contributed by atoms with Crippen molar-refractivity contribution in [3.05, 3.63) is 64.0 Å². The Morgan fingerprint density at radius 3 is 2.70 bits per heavy atom. The summed E-state index contributed by atoms with van der Waals surface area (Å²) in [6.45, 7) is 3.72. The van der Waals surface area contributed by atoms with Crippen LogP contribution >= 0.6 is 0 Å². The average Bonchev–Trinajstić information content (AvgIpc) is 2.65. The highest BCUT2D eigenvalue weighted by molar-refractivity contribution is 5.93. The van der Waals surface area contributed by atoms with E-state index < -0.39 is 5.63 Å². The van der Waals surface area contributed by atoms with Crippen LogP contribution < -0.4 is 20.4 Å². The zero-order chi connectivity index (χ0) is 19.4. The zero-order valence-electron chi connectivity index (χ0n) is 15.5. The Hall–Kier alpha value is -3.28. The second kappa shape index (κ2) is 7.95. The number of carbonyl (C=O) groups excluding carboxylic acids is 1. The van der Waals surface area contributed by atoms with Crippen molar-refractivity contribution in [3.63, 3.8) is 0 Å². The van der Waals surface area contributed by atoms with Crippen molar-refractivity contribution in [2.75, 3.05) is 19.0 Å². The van der Waals surface area contributed by atoms with E-state index in [9.17, 15) is 9.59 Å². The van der Waals surface area contributed by atoms with E-state index in [0.717, 1.165) is 22.9 Å². The van der Waals surface area contributed by atoms with Crippen LogP contribution in [0.2, 0.25) is 0 Å². The lowest BCUT2D eigenvalue weighted by atomic mass is 10.1. The fourth-order valence-electron chi connectivity index (χ4n) is 2.85. The minimum Gasteiger partial charge on any atom is -0.495 e. The summed E-state index contributed by atoms with van der Waals surface area (Å²) in [5.41, 5.74) is 2.54. The molecule has 0 unspecified atom stereocenters. The maximum absolute atomic E-state index is 12.2. The molecule has 0 saturated heterocycles. The van der Waals surface area contributed by atoms with Gasteiger partial charge in [0.05, 0.1) is 12.8 Å². The molecule has 140 valence electrons. The van der Waals surface area contributed by atoms with Gasteiger partial charge in [-0.05, 0) is 48.7 Å². The summed E-state index contributed by atoms with van der Waals surface area (Å²) in [6.07, 6.45) is 0.725. The largest absolute Gasteiger partial charge is 0.495 e. The fourth-order valence-corrected chi connectivity index (χ4v) is 2.85. The van der Waals surface area contributed by atoms with Gasteiger partial charge in [-0.3, -0.25) is 4.79 Å². The zero-order valence-corrected chi connectivity index (χ0v) is 15.5. The van der Waals surface area contributed by atoms with Gasteiger partial charge in [-0.15, -0.1) is 0 Å². The molecule has 27 heavy (non-hydrogen) atoms. The number of anilines is 1. The fraction of sp³-hybridized carbons (Fsp3) is 0.238. The molecule has 0 atom stereocenters. The number of ether oxygens (including phenoxy) is 2. The molecule has 2 aromatic carbocycles. The average molecular weight is 367 g/mol. The molecule has 1 amide bonds. The molecule has 0 aliphatic heterocycles. The van der Waals surface area contributed by atoms with Gasteiger partial charge in [0.2, 0.25) is 0 Å². The summed E-state index contributed by atoms with van der Waals surface area (Å²) in [4.78, 5) is 23.9. The van der Waals surface area contributed by atoms with E-state index in [2.05, 4.69) is 5.32 Å². The number of aryl methyl sites for hydroxylation is 2. The number of amides is 1. The summed E-state index contributed by atoms with van der Waals surface area (Å²) in [5.74, 6) is 0.710. The van der Waals surface area contributed by atoms with Gasteiger partial charge in [-0.1, -0.05) is 13.0 Å². The number of fused-ring (bicyclic) bond motifs is 1. The number of carbonyl (C=O) groups is 1. The summed E-state index contributed by atoms with van der Waals surface area (Å²) in [6, 6.07) is 12.2. The number of rotatable bonds is 6. The Bertz CT molecular complexity index is 1040. The van der Waals surface area contributed by atoms with Gasteiger partial charge < -0.3 is 19.2 Å². The van der Waals surface area contributed by atoms with E-state index in [1.807, 2.05) is 32.0 Å². The molecule has 6 nitrogen and oxygen atoms in total. The number of methoxy groups -OCH3 is 1. The standard InChI is InChI=1S/C21H21NO5/c1-4-14-10-21(24)27-19-11-15(6-7-16(14)19)26-12-20(23)22-17-9-13(2)5-8-18(17)25-3/h5-11H,4,12H2,1-3H3,(H,22,23). The second-order valence-corrected chi connectivity index (χ2v) is 6.14. The van der Waals surface area contributed by atoms with Gasteiger partial charge in [-0.2, -0.15) is 0 Å². The molecule has 3 aromatic rings. The molecule has 0 bridgehead atoms. The molecular formula is C21H21NO5. The highest BCUT2D eigenvalue weighted by Gasteiger charge is 2.10. The first-order chi connectivity index (χ1) is 13.0. The van der Waals surface area contributed by atoms with Crippen molar-refractivity contribution in [2.45, 2.75) is 20.3 Å². The van der Waals surface area contributed by atoms with Crippen molar-refractivity contribution >= 4 is 22.6 Å². The number of hydrogen-bond acceptors (Lipinski definition) is 5. The number of hydrogen-bond donors (Lipinski definition) is 1. The summed E-state index contributed by atoms with van der Waals surface area (Å²) in [5, 5.41) is 3.63. The van der Waals surface area contributed by atoms with E-state index in [-0.39, 0.29) is 12.5 Å². The number of nitrogens with one attached hydrogen (secondary N) is 1. The maximum Gasteiger partial charge on any atom is 0.336 e. The lowest BCUT2D eigenvalue weighted by molar-refractivity contribution is -0.118. The van der Waals surface area contributed by atoms with Crippen molar-refractivity contribution in [1.29, 1.82) is 0 Å². The molecule has 0 aliphatic rings. The molecule has 0 spiro atoms. The first-order valence-corrected chi connectivity index (χ1v) is 8.64. The Morgan fingerprint density at radius 2 is 1.96 bits per heavy atom. The highest BCUT2D eigenvalue weighted by Crippen LogP contribution is 2.26. The van der Waals surface area contributed by atoms with E-state index in [1.165, 1.54) is 6.07 Å².